The van der Waals surface area contributed by atoms with E-state index in [1.165, 1.54) is 10.7 Å². The lowest BCUT2D eigenvalue weighted by Gasteiger charge is -2.13. The first kappa shape index (κ1) is 24.4. The standard InChI is InChI=1S/C28H24ClF2N3O/c1-17(15-20-9-11-22(29)12-10-20)27-18(2)26(28(35)32-19(3)21-7-5-4-6-8-21)33-34(27)25-14-13-23(30)16-24(25)31/h4-16,19H,1-3H3,(H,32,35)/b17-15+. The molecule has 4 rings (SSSR count). The van der Waals surface area contributed by atoms with Gasteiger partial charge in [-0.05, 0) is 67.8 Å². The molecule has 0 saturated heterocycles. The molecule has 0 aliphatic heterocycles. The van der Waals surface area contributed by atoms with Crippen LogP contribution in [0.3, 0.4) is 0 Å². The maximum Gasteiger partial charge on any atom is 0.272 e. The number of benzene rings is 3. The van der Waals surface area contributed by atoms with E-state index >= 15 is 0 Å². The van der Waals surface area contributed by atoms with Crippen molar-refractivity contribution in [2.45, 2.75) is 26.8 Å². The molecule has 0 fully saturated rings. The van der Waals surface area contributed by atoms with E-state index in [1.807, 2.05) is 62.4 Å². The van der Waals surface area contributed by atoms with Crippen molar-refractivity contribution in [1.82, 2.24) is 15.1 Å². The van der Waals surface area contributed by atoms with Gasteiger partial charge in [-0.25, -0.2) is 13.5 Å². The molecule has 0 saturated carbocycles. The minimum absolute atomic E-state index is 0.0449. The van der Waals surface area contributed by atoms with Gasteiger partial charge in [-0.1, -0.05) is 54.1 Å². The van der Waals surface area contributed by atoms with Gasteiger partial charge in [0, 0.05) is 16.7 Å². The number of halogens is 3. The van der Waals surface area contributed by atoms with E-state index in [0.717, 1.165) is 28.8 Å². The Morgan fingerprint density at radius 2 is 1.74 bits per heavy atom. The van der Waals surface area contributed by atoms with Crippen LogP contribution >= 0.6 is 11.6 Å². The van der Waals surface area contributed by atoms with Gasteiger partial charge in [0.05, 0.1) is 11.7 Å². The third-order valence-corrected chi connectivity index (χ3v) is 6.00. The molecule has 35 heavy (non-hydrogen) atoms. The van der Waals surface area contributed by atoms with Gasteiger partial charge >= 0.3 is 0 Å². The minimum Gasteiger partial charge on any atom is -0.344 e. The fourth-order valence-electron chi connectivity index (χ4n) is 3.97. The molecule has 3 aromatic carbocycles. The van der Waals surface area contributed by atoms with Crippen molar-refractivity contribution in [2.75, 3.05) is 0 Å². The van der Waals surface area contributed by atoms with Gasteiger partial charge in [-0.2, -0.15) is 5.10 Å². The lowest BCUT2D eigenvalue weighted by molar-refractivity contribution is 0.0933. The summed E-state index contributed by atoms with van der Waals surface area (Å²) in [6, 6.07) is 19.8. The highest BCUT2D eigenvalue weighted by Gasteiger charge is 2.24. The Kier molecular flexibility index (Phi) is 7.12. The van der Waals surface area contributed by atoms with Crippen molar-refractivity contribution in [3.05, 3.63) is 118 Å². The minimum atomic E-state index is -0.780. The van der Waals surface area contributed by atoms with Crippen LogP contribution in [0.1, 0.15) is 52.8 Å². The molecular formula is C28H24ClF2N3O. The topological polar surface area (TPSA) is 46.9 Å². The Labute approximate surface area is 207 Å². The number of allylic oxidation sites excluding steroid dienone is 1. The van der Waals surface area contributed by atoms with Gasteiger partial charge in [0.25, 0.3) is 5.91 Å². The molecule has 1 heterocycles. The number of nitrogens with one attached hydrogen (secondary N) is 1. The van der Waals surface area contributed by atoms with Gasteiger partial charge in [-0.3, -0.25) is 4.79 Å². The predicted molar refractivity (Wildman–Crippen MR) is 136 cm³/mol. The second kappa shape index (κ2) is 10.2. The maximum absolute atomic E-state index is 14.8. The molecule has 1 amide bonds. The van der Waals surface area contributed by atoms with E-state index in [1.54, 1.807) is 19.1 Å². The van der Waals surface area contributed by atoms with Crippen LogP contribution in [0.2, 0.25) is 5.02 Å². The second-order valence-electron chi connectivity index (χ2n) is 8.31. The highest BCUT2D eigenvalue weighted by Crippen LogP contribution is 2.29. The smallest absolute Gasteiger partial charge is 0.272 e. The molecule has 4 nitrogen and oxygen atoms in total. The molecule has 1 atom stereocenters. The first-order chi connectivity index (χ1) is 16.7. The summed E-state index contributed by atoms with van der Waals surface area (Å²) in [5.74, 6) is -1.86. The van der Waals surface area contributed by atoms with Gasteiger partial charge in [0.1, 0.15) is 11.5 Å². The summed E-state index contributed by atoms with van der Waals surface area (Å²) in [6.07, 6.45) is 1.90. The van der Waals surface area contributed by atoms with Crippen molar-refractivity contribution in [1.29, 1.82) is 0 Å². The summed E-state index contributed by atoms with van der Waals surface area (Å²) < 4.78 is 29.7. The van der Waals surface area contributed by atoms with Crippen LogP contribution in [0, 0.1) is 18.6 Å². The van der Waals surface area contributed by atoms with Crippen molar-refractivity contribution in [3.63, 3.8) is 0 Å². The summed E-state index contributed by atoms with van der Waals surface area (Å²) in [4.78, 5) is 13.2. The normalized spacial score (nSPS) is 12.5. The van der Waals surface area contributed by atoms with Gasteiger partial charge < -0.3 is 5.32 Å². The largest absolute Gasteiger partial charge is 0.344 e. The zero-order chi connectivity index (χ0) is 25.1. The maximum atomic E-state index is 14.8. The number of aromatic nitrogens is 2. The Hall–Kier alpha value is -3.77. The van der Waals surface area contributed by atoms with Crippen molar-refractivity contribution < 1.29 is 13.6 Å². The number of nitrogens with zero attached hydrogens (tertiary/aromatic N) is 2. The van der Waals surface area contributed by atoms with E-state index in [-0.39, 0.29) is 23.3 Å². The number of rotatable bonds is 6. The lowest BCUT2D eigenvalue weighted by atomic mass is 10.0. The summed E-state index contributed by atoms with van der Waals surface area (Å²) in [7, 11) is 0. The monoisotopic (exact) mass is 491 g/mol. The Bertz CT molecular complexity index is 1400. The van der Waals surface area contributed by atoms with E-state index in [4.69, 9.17) is 11.6 Å². The van der Waals surface area contributed by atoms with E-state index in [0.29, 0.717) is 16.3 Å². The Balaban J connectivity index is 1.79. The SMILES string of the molecule is C/C(=C\c1ccc(Cl)cc1)c1c(C)c(C(=O)NC(C)c2ccccc2)nn1-c1ccc(F)cc1F. The molecule has 0 spiro atoms. The summed E-state index contributed by atoms with van der Waals surface area (Å²) >= 11 is 6.00. The highest BCUT2D eigenvalue weighted by molar-refractivity contribution is 6.30. The van der Waals surface area contributed by atoms with Gasteiger partial charge in [0.2, 0.25) is 0 Å². The molecule has 0 radical (unpaired) electrons. The Morgan fingerprint density at radius 1 is 1.06 bits per heavy atom. The first-order valence-electron chi connectivity index (χ1n) is 11.1. The molecular weight excluding hydrogens is 468 g/mol. The fraction of sp³-hybridized carbons (Fsp3) is 0.143. The number of hydrogen-bond acceptors (Lipinski definition) is 2. The molecule has 0 aliphatic carbocycles. The average molecular weight is 492 g/mol. The predicted octanol–water partition coefficient (Wildman–Crippen LogP) is 7.16. The van der Waals surface area contributed by atoms with Crippen molar-refractivity contribution in [3.8, 4) is 5.69 Å². The van der Waals surface area contributed by atoms with Crippen LogP contribution in [0.4, 0.5) is 8.78 Å². The molecule has 0 bridgehead atoms. The van der Waals surface area contributed by atoms with Crippen molar-refractivity contribution in [2.24, 2.45) is 0 Å². The van der Waals surface area contributed by atoms with Gasteiger partial charge in [-0.15, -0.1) is 0 Å². The van der Waals surface area contributed by atoms with E-state index in [9.17, 15) is 13.6 Å². The van der Waals surface area contributed by atoms with Crippen molar-refractivity contribution >= 4 is 29.2 Å². The zero-order valence-electron chi connectivity index (χ0n) is 19.5. The third-order valence-electron chi connectivity index (χ3n) is 5.75. The molecule has 1 unspecified atom stereocenters. The van der Waals surface area contributed by atoms with Crippen LogP contribution in [0.5, 0.6) is 0 Å². The number of carbonyl (C=O) groups is 1. The van der Waals surface area contributed by atoms with Crippen LogP contribution in [0.25, 0.3) is 17.3 Å². The third kappa shape index (κ3) is 5.33. The molecule has 0 aliphatic rings. The quantitative estimate of drug-likeness (QED) is 0.311. The molecule has 7 heteroatoms. The molecule has 1 aromatic heterocycles. The van der Waals surface area contributed by atoms with Crippen LogP contribution in [-0.2, 0) is 0 Å². The Morgan fingerprint density at radius 3 is 2.40 bits per heavy atom. The zero-order valence-corrected chi connectivity index (χ0v) is 20.3. The average Bonchev–Trinajstić information content (AvgIpc) is 3.18. The molecule has 1 N–H and O–H groups in total. The van der Waals surface area contributed by atoms with E-state index in [2.05, 4.69) is 10.4 Å². The van der Waals surface area contributed by atoms with Crippen LogP contribution in [0.15, 0.2) is 72.8 Å². The molecule has 4 aromatic rings. The number of carbonyl (C=O) groups excluding carboxylic acids is 1. The summed E-state index contributed by atoms with van der Waals surface area (Å²) in [6.45, 7) is 5.50. The van der Waals surface area contributed by atoms with Crippen LogP contribution in [-0.4, -0.2) is 15.7 Å². The van der Waals surface area contributed by atoms with E-state index < -0.39 is 11.6 Å². The second-order valence-corrected chi connectivity index (χ2v) is 8.75. The fourth-order valence-corrected chi connectivity index (χ4v) is 4.10. The van der Waals surface area contributed by atoms with Crippen LogP contribution < -0.4 is 5.32 Å². The number of hydrogen-bond donors (Lipinski definition) is 1. The molecule has 178 valence electrons. The summed E-state index contributed by atoms with van der Waals surface area (Å²) in [5.41, 5.74) is 3.90. The lowest BCUT2D eigenvalue weighted by Crippen LogP contribution is -2.27. The first-order valence-corrected chi connectivity index (χ1v) is 11.5. The highest BCUT2D eigenvalue weighted by atomic mass is 35.5. The number of amides is 1. The van der Waals surface area contributed by atoms with Gasteiger partial charge in [0.15, 0.2) is 11.5 Å². The summed E-state index contributed by atoms with van der Waals surface area (Å²) in [5, 5.41) is 8.05.